The highest BCUT2D eigenvalue weighted by Gasteiger charge is 2.26. The van der Waals surface area contributed by atoms with Gasteiger partial charge in [-0.1, -0.05) is 53.5 Å². The molecule has 4 aromatic rings. The van der Waals surface area contributed by atoms with Crippen molar-refractivity contribution in [1.82, 2.24) is 14.8 Å². The molecule has 0 N–H and O–H groups in total. The number of sulfone groups is 1. The van der Waals surface area contributed by atoms with E-state index in [4.69, 9.17) is 27.9 Å². The zero-order valence-electron chi connectivity index (χ0n) is 21.3. The Kier molecular flexibility index (Phi) is 8.09. The Labute approximate surface area is 237 Å². The first-order valence-corrected chi connectivity index (χ1v) is 14.8. The summed E-state index contributed by atoms with van der Waals surface area (Å²) < 4.78 is 32.1. The van der Waals surface area contributed by atoms with Crippen molar-refractivity contribution in [2.75, 3.05) is 33.3 Å². The third-order valence-electron chi connectivity index (χ3n) is 6.83. The van der Waals surface area contributed by atoms with Gasteiger partial charge < -0.3 is 9.64 Å². The summed E-state index contributed by atoms with van der Waals surface area (Å²) in [6, 6.07) is 19.3. The van der Waals surface area contributed by atoms with E-state index >= 15 is 0 Å². The summed E-state index contributed by atoms with van der Waals surface area (Å²) in [5.41, 5.74) is 2.44. The van der Waals surface area contributed by atoms with Gasteiger partial charge in [-0.25, -0.2) is 8.42 Å². The van der Waals surface area contributed by atoms with E-state index < -0.39 is 9.84 Å². The summed E-state index contributed by atoms with van der Waals surface area (Å²) in [5, 5.41) is 1.81. The minimum atomic E-state index is -3.69. The molecule has 0 aliphatic carbocycles. The van der Waals surface area contributed by atoms with Crippen molar-refractivity contribution in [3.63, 3.8) is 0 Å². The number of methoxy groups -OCH3 is 1. The van der Waals surface area contributed by atoms with Gasteiger partial charge in [0.2, 0.25) is 0 Å². The molecule has 0 spiro atoms. The topological polar surface area (TPSA) is 79.8 Å². The molecule has 3 aromatic carbocycles. The fourth-order valence-corrected chi connectivity index (χ4v) is 6.65. The lowest BCUT2D eigenvalue weighted by Gasteiger charge is -2.35. The number of pyridine rings is 1. The first-order valence-electron chi connectivity index (χ1n) is 12.4. The number of hydrogen-bond acceptors (Lipinski definition) is 6. The Bertz CT molecular complexity index is 1630. The number of amides is 1. The molecule has 10 heteroatoms. The van der Waals surface area contributed by atoms with Crippen LogP contribution >= 0.6 is 23.2 Å². The summed E-state index contributed by atoms with van der Waals surface area (Å²) in [5.74, 6) is -0.0309. The van der Waals surface area contributed by atoms with Crippen LogP contribution in [-0.2, 0) is 22.1 Å². The maximum atomic E-state index is 13.4. The van der Waals surface area contributed by atoms with Crippen LogP contribution in [0.25, 0.3) is 10.9 Å². The molecule has 5 rings (SSSR count). The summed E-state index contributed by atoms with van der Waals surface area (Å²) >= 11 is 12.2. The van der Waals surface area contributed by atoms with Gasteiger partial charge in [0.05, 0.1) is 38.9 Å². The monoisotopic (exact) mass is 583 g/mol. The largest absolute Gasteiger partial charge is 0.496 e. The zero-order chi connectivity index (χ0) is 27.6. The zero-order valence-corrected chi connectivity index (χ0v) is 23.6. The number of nitrogens with zero attached hydrogens (tertiary/aromatic N) is 3. The summed E-state index contributed by atoms with van der Waals surface area (Å²) in [4.78, 5) is 21.9. The average molecular weight is 585 g/mol. The quantitative estimate of drug-likeness (QED) is 0.286. The number of ether oxygens (including phenoxy) is 1. The predicted molar refractivity (Wildman–Crippen MR) is 153 cm³/mol. The van der Waals surface area contributed by atoms with E-state index in [1.54, 1.807) is 53.6 Å². The van der Waals surface area contributed by atoms with E-state index in [1.165, 1.54) is 7.11 Å². The van der Waals surface area contributed by atoms with Crippen molar-refractivity contribution in [3.8, 4) is 5.75 Å². The number of halogens is 2. The number of carbonyl (C=O) groups excluding carboxylic acids is 1. The van der Waals surface area contributed by atoms with E-state index in [1.807, 2.05) is 24.3 Å². The van der Waals surface area contributed by atoms with Gasteiger partial charge in [0, 0.05) is 44.3 Å². The van der Waals surface area contributed by atoms with E-state index in [9.17, 15) is 13.2 Å². The van der Waals surface area contributed by atoms with Gasteiger partial charge in [0.25, 0.3) is 5.91 Å². The van der Waals surface area contributed by atoms with Crippen LogP contribution in [0.5, 0.6) is 5.75 Å². The Hall–Kier alpha value is -3.17. The molecule has 1 aliphatic rings. The third-order valence-corrected chi connectivity index (χ3v) is 9.29. The number of carbonyl (C=O) groups is 1. The molecule has 1 amide bonds. The number of hydrogen-bond donors (Lipinski definition) is 0. The van der Waals surface area contributed by atoms with E-state index in [2.05, 4.69) is 9.88 Å². The Balaban J connectivity index is 1.27. The van der Waals surface area contributed by atoms with Crippen molar-refractivity contribution < 1.29 is 17.9 Å². The molecule has 7 nitrogen and oxygen atoms in total. The van der Waals surface area contributed by atoms with Gasteiger partial charge in [-0.3, -0.25) is 14.7 Å². The van der Waals surface area contributed by atoms with Crippen LogP contribution < -0.4 is 4.74 Å². The van der Waals surface area contributed by atoms with Crippen LogP contribution in [0, 0.1) is 0 Å². The normalized spacial score (nSPS) is 14.5. The lowest BCUT2D eigenvalue weighted by atomic mass is 10.1. The van der Waals surface area contributed by atoms with E-state index in [0.29, 0.717) is 58.6 Å². The molecule has 202 valence electrons. The first kappa shape index (κ1) is 27.4. The first-order chi connectivity index (χ1) is 18.7. The molecule has 2 heterocycles. The highest BCUT2D eigenvalue weighted by molar-refractivity contribution is 7.90. The smallest absolute Gasteiger partial charge is 0.257 e. The second kappa shape index (κ2) is 11.5. The van der Waals surface area contributed by atoms with Crippen LogP contribution in [0.1, 0.15) is 21.5 Å². The van der Waals surface area contributed by atoms with Gasteiger partial charge >= 0.3 is 0 Å². The second-order valence-corrected chi connectivity index (χ2v) is 12.2. The molecule has 1 fully saturated rings. The minimum absolute atomic E-state index is 0.145. The molecule has 0 bridgehead atoms. The Morgan fingerprint density at radius 3 is 2.41 bits per heavy atom. The number of rotatable bonds is 7. The molecule has 0 atom stereocenters. The van der Waals surface area contributed by atoms with Crippen molar-refractivity contribution in [1.29, 1.82) is 0 Å². The summed E-state index contributed by atoms with van der Waals surface area (Å²) in [7, 11) is -2.21. The molecule has 0 radical (unpaired) electrons. The number of benzene rings is 3. The molecule has 0 unspecified atom stereocenters. The van der Waals surface area contributed by atoms with Crippen LogP contribution in [0.3, 0.4) is 0 Å². The summed E-state index contributed by atoms with van der Waals surface area (Å²) in [6.07, 6.45) is 1.58. The van der Waals surface area contributed by atoms with E-state index in [0.717, 1.165) is 17.5 Å². The van der Waals surface area contributed by atoms with Gasteiger partial charge in [0.15, 0.2) is 9.84 Å². The fourth-order valence-electron chi connectivity index (χ4n) is 4.80. The molecule has 1 aromatic heterocycles. The van der Waals surface area contributed by atoms with Gasteiger partial charge in [-0.05, 0) is 47.5 Å². The maximum absolute atomic E-state index is 13.4. The molecule has 1 aliphatic heterocycles. The Morgan fingerprint density at radius 1 is 0.923 bits per heavy atom. The number of fused-ring (bicyclic) bond motifs is 1. The second-order valence-electron chi connectivity index (χ2n) is 9.44. The third kappa shape index (κ3) is 6.04. The highest BCUT2D eigenvalue weighted by atomic mass is 35.5. The molecule has 1 saturated heterocycles. The molecule has 39 heavy (non-hydrogen) atoms. The fraction of sp³-hybridized carbons (Fsp3) is 0.241. The summed E-state index contributed by atoms with van der Waals surface area (Å²) in [6.45, 7) is 3.27. The van der Waals surface area contributed by atoms with E-state index in [-0.39, 0.29) is 16.6 Å². The van der Waals surface area contributed by atoms with Crippen LogP contribution in [-0.4, -0.2) is 62.4 Å². The van der Waals surface area contributed by atoms with Crippen molar-refractivity contribution in [2.45, 2.75) is 17.2 Å². The SMILES string of the molecule is COc1cc(CS(=O)(=O)c2cccc3cccnc23)ccc1C(=O)N1CCN(Cc2ccc(Cl)c(Cl)c2)CC1. The predicted octanol–water partition coefficient (Wildman–Crippen LogP) is 5.48. The number of piperazine rings is 1. The van der Waals surface area contributed by atoms with Crippen molar-refractivity contribution in [2.24, 2.45) is 0 Å². The lowest BCUT2D eigenvalue weighted by Crippen LogP contribution is -2.48. The van der Waals surface area contributed by atoms with Gasteiger partial charge in [0.1, 0.15) is 5.75 Å². The molecular weight excluding hydrogens is 557 g/mol. The lowest BCUT2D eigenvalue weighted by molar-refractivity contribution is 0.0625. The number of para-hydroxylation sites is 1. The number of aromatic nitrogens is 1. The molecular formula is C29H27Cl2N3O4S. The van der Waals surface area contributed by atoms with Gasteiger partial charge in [-0.15, -0.1) is 0 Å². The van der Waals surface area contributed by atoms with Crippen LogP contribution in [0.2, 0.25) is 10.0 Å². The average Bonchev–Trinajstić information content (AvgIpc) is 2.94. The van der Waals surface area contributed by atoms with Crippen LogP contribution in [0.15, 0.2) is 77.8 Å². The van der Waals surface area contributed by atoms with Crippen LogP contribution in [0.4, 0.5) is 0 Å². The maximum Gasteiger partial charge on any atom is 0.257 e. The minimum Gasteiger partial charge on any atom is -0.496 e. The van der Waals surface area contributed by atoms with Crippen molar-refractivity contribution in [3.05, 3.63) is 99.7 Å². The molecule has 0 saturated carbocycles. The Morgan fingerprint density at radius 2 is 1.67 bits per heavy atom. The van der Waals surface area contributed by atoms with Gasteiger partial charge in [-0.2, -0.15) is 0 Å². The standard InChI is InChI=1S/C29H27Cl2N3O4S/c1-38-26-17-21(19-39(36,37)27-6-2-4-22-5-3-11-32-28(22)27)7-9-23(26)29(35)34-14-12-33(13-15-34)18-20-8-10-24(30)25(31)16-20/h2-11,16-17H,12-15,18-19H2,1H3. The highest BCUT2D eigenvalue weighted by Crippen LogP contribution is 2.28. The van der Waals surface area contributed by atoms with Crippen molar-refractivity contribution >= 4 is 49.8 Å².